The highest BCUT2D eigenvalue weighted by Gasteiger charge is 2.19. The summed E-state index contributed by atoms with van der Waals surface area (Å²) in [5, 5.41) is 5.56. The quantitative estimate of drug-likeness (QED) is 0.507. The van der Waals surface area contributed by atoms with E-state index in [4.69, 9.17) is 9.47 Å². The van der Waals surface area contributed by atoms with Gasteiger partial charge in [-0.25, -0.2) is 0 Å². The number of amides is 2. The summed E-state index contributed by atoms with van der Waals surface area (Å²) in [5.41, 5.74) is 3.08. The standard InChI is InChI=1S/C27H31N3O4/c1-18(29-26(32)20-8-10-21(11-9-20)27(2,3)4)25(31)30-22-12-13-23(33-5)24(15-22)34-17-19-7-6-14-28-16-19/h6-16,18H,17H2,1-5H3,(H,29,32)(H,30,31). The molecule has 0 bridgehead atoms. The molecule has 3 rings (SSSR count). The fourth-order valence-electron chi connectivity index (χ4n) is 3.23. The Morgan fingerprint density at radius 2 is 1.76 bits per heavy atom. The summed E-state index contributed by atoms with van der Waals surface area (Å²) < 4.78 is 11.2. The lowest BCUT2D eigenvalue weighted by Gasteiger charge is -2.19. The highest BCUT2D eigenvalue weighted by Crippen LogP contribution is 2.31. The molecule has 0 spiro atoms. The Balaban J connectivity index is 1.62. The Bertz CT molecular complexity index is 1120. The van der Waals surface area contributed by atoms with E-state index < -0.39 is 6.04 Å². The van der Waals surface area contributed by atoms with E-state index in [0.717, 1.165) is 11.1 Å². The lowest BCUT2D eigenvalue weighted by Crippen LogP contribution is -2.41. The van der Waals surface area contributed by atoms with Crippen molar-refractivity contribution in [3.63, 3.8) is 0 Å². The maximum absolute atomic E-state index is 12.7. The number of carbonyl (C=O) groups excluding carboxylic acids is 2. The van der Waals surface area contributed by atoms with Gasteiger partial charge in [-0.2, -0.15) is 0 Å². The zero-order valence-electron chi connectivity index (χ0n) is 20.2. The monoisotopic (exact) mass is 461 g/mol. The number of anilines is 1. The molecule has 0 fully saturated rings. The minimum absolute atomic E-state index is 0.00109. The van der Waals surface area contributed by atoms with Gasteiger partial charge >= 0.3 is 0 Å². The largest absolute Gasteiger partial charge is 0.493 e. The first-order chi connectivity index (χ1) is 16.2. The van der Waals surface area contributed by atoms with Crippen LogP contribution in [0.2, 0.25) is 0 Å². The summed E-state index contributed by atoms with van der Waals surface area (Å²) in [5.74, 6) is 0.378. The maximum atomic E-state index is 12.7. The lowest BCUT2D eigenvalue weighted by molar-refractivity contribution is -0.117. The number of hydrogen-bond acceptors (Lipinski definition) is 5. The summed E-state index contributed by atoms with van der Waals surface area (Å²) >= 11 is 0. The molecular weight excluding hydrogens is 430 g/mol. The SMILES string of the molecule is COc1ccc(NC(=O)C(C)NC(=O)c2ccc(C(C)(C)C)cc2)cc1OCc1cccnc1. The first kappa shape index (κ1) is 24.8. The van der Waals surface area contributed by atoms with E-state index in [2.05, 4.69) is 36.4 Å². The molecule has 2 aromatic carbocycles. The zero-order valence-corrected chi connectivity index (χ0v) is 20.2. The Morgan fingerprint density at radius 3 is 2.38 bits per heavy atom. The summed E-state index contributed by atoms with van der Waals surface area (Å²) in [7, 11) is 1.55. The van der Waals surface area contributed by atoms with E-state index >= 15 is 0 Å². The average Bonchev–Trinajstić information content (AvgIpc) is 2.83. The normalized spacial score (nSPS) is 11.9. The van der Waals surface area contributed by atoms with Gasteiger partial charge in [0.25, 0.3) is 5.91 Å². The van der Waals surface area contributed by atoms with Crippen molar-refractivity contribution in [3.8, 4) is 11.5 Å². The van der Waals surface area contributed by atoms with Gasteiger partial charge in [-0.15, -0.1) is 0 Å². The van der Waals surface area contributed by atoms with Crippen molar-refractivity contribution in [1.82, 2.24) is 10.3 Å². The molecular formula is C27H31N3O4. The van der Waals surface area contributed by atoms with Crippen LogP contribution in [0.5, 0.6) is 11.5 Å². The second-order valence-corrected chi connectivity index (χ2v) is 9.03. The second kappa shape index (κ2) is 10.8. The fraction of sp³-hybridized carbons (Fsp3) is 0.296. The van der Waals surface area contributed by atoms with Gasteiger partial charge in [-0.1, -0.05) is 39.0 Å². The molecule has 0 aliphatic carbocycles. The molecule has 0 aliphatic heterocycles. The van der Waals surface area contributed by atoms with Crippen LogP contribution < -0.4 is 20.1 Å². The van der Waals surface area contributed by atoms with Crippen molar-refractivity contribution in [1.29, 1.82) is 0 Å². The average molecular weight is 462 g/mol. The summed E-state index contributed by atoms with van der Waals surface area (Å²) in [4.78, 5) is 29.4. The lowest BCUT2D eigenvalue weighted by atomic mass is 9.86. The van der Waals surface area contributed by atoms with Crippen molar-refractivity contribution < 1.29 is 19.1 Å². The molecule has 0 saturated heterocycles. The van der Waals surface area contributed by atoms with Gasteiger partial charge < -0.3 is 20.1 Å². The van der Waals surface area contributed by atoms with Gasteiger partial charge in [0.1, 0.15) is 12.6 Å². The van der Waals surface area contributed by atoms with Gasteiger partial charge in [0, 0.05) is 35.3 Å². The number of pyridine rings is 1. The third-order valence-corrected chi connectivity index (χ3v) is 5.30. The van der Waals surface area contributed by atoms with Crippen LogP contribution in [0.4, 0.5) is 5.69 Å². The predicted octanol–water partition coefficient (Wildman–Crippen LogP) is 4.72. The smallest absolute Gasteiger partial charge is 0.251 e. The Hall–Kier alpha value is -3.87. The van der Waals surface area contributed by atoms with Gasteiger partial charge in [-0.05, 0) is 48.2 Å². The topological polar surface area (TPSA) is 89.6 Å². The van der Waals surface area contributed by atoms with Crippen molar-refractivity contribution in [3.05, 3.63) is 83.7 Å². The van der Waals surface area contributed by atoms with Gasteiger partial charge in [0.2, 0.25) is 5.91 Å². The van der Waals surface area contributed by atoms with Crippen molar-refractivity contribution in [2.45, 2.75) is 45.8 Å². The van der Waals surface area contributed by atoms with E-state index in [1.807, 2.05) is 24.3 Å². The molecule has 3 aromatic rings. The molecule has 7 nitrogen and oxygen atoms in total. The van der Waals surface area contributed by atoms with E-state index in [1.165, 1.54) is 0 Å². The maximum Gasteiger partial charge on any atom is 0.251 e. The number of carbonyl (C=O) groups is 2. The number of rotatable bonds is 8. The van der Waals surface area contributed by atoms with Crippen LogP contribution in [-0.2, 0) is 16.8 Å². The molecule has 2 N–H and O–H groups in total. The molecule has 1 aromatic heterocycles. The van der Waals surface area contributed by atoms with Gasteiger partial charge in [-0.3, -0.25) is 14.6 Å². The van der Waals surface area contributed by atoms with Crippen LogP contribution in [-0.4, -0.2) is 29.9 Å². The van der Waals surface area contributed by atoms with Crippen LogP contribution in [0.1, 0.15) is 49.2 Å². The Morgan fingerprint density at radius 1 is 1.03 bits per heavy atom. The summed E-state index contributed by atoms with van der Waals surface area (Å²) in [6.45, 7) is 8.29. The summed E-state index contributed by atoms with van der Waals surface area (Å²) in [6, 6.07) is 15.5. The van der Waals surface area contributed by atoms with Crippen LogP contribution in [0, 0.1) is 0 Å². The van der Waals surface area contributed by atoms with Crippen LogP contribution in [0.3, 0.4) is 0 Å². The van der Waals surface area contributed by atoms with Crippen molar-refractivity contribution >= 4 is 17.5 Å². The van der Waals surface area contributed by atoms with Crippen LogP contribution in [0.15, 0.2) is 67.0 Å². The Kier molecular flexibility index (Phi) is 7.89. The van der Waals surface area contributed by atoms with Crippen molar-refractivity contribution in [2.75, 3.05) is 12.4 Å². The highest BCUT2D eigenvalue weighted by atomic mass is 16.5. The molecule has 7 heteroatoms. The van der Waals surface area contributed by atoms with E-state index in [-0.39, 0.29) is 17.2 Å². The molecule has 0 saturated carbocycles. The van der Waals surface area contributed by atoms with E-state index in [0.29, 0.717) is 29.4 Å². The number of hydrogen-bond donors (Lipinski definition) is 2. The Labute approximate surface area is 200 Å². The second-order valence-electron chi connectivity index (χ2n) is 9.03. The van der Waals surface area contributed by atoms with E-state index in [1.54, 1.807) is 56.8 Å². The number of aromatic nitrogens is 1. The highest BCUT2D eigenvalue weighted by molar-refractivity contribution is 6.01. The van der Waals surface area contributed by atoms with Crippen LogP contribution in [0.25, 0.3) is 0 Å². The van der Waals surface area contributed by atoms with E-state index in [9.17, 15) is 9.59 Å². The molecule has 1 unspecified atom stereocenters. The molecule has 34 heavy (non-hydrogen) atoms. The first-order valence-corrected chi connectivity index (χ1v) is 11.1. The molecule has 0 aliphatic rings. The number of benzene rings is 2. The molecule has 0 radical (unpaired) electrons. The van der Waals surface area contributed by atoms with Crippen LogP contribution >= 0.6 is 0 Å². The molecule has 1 atom stereocenters. The molecule has 2 amide bonds. The van der Waals surface area contributed by atoms with Crippen molar-refractivity contribution in [2.24, 2.45) is 0 Å². The minimum Gasteiger partial charge on any atom is -0.493 e. The third kappa shape index (κ3) is 6.57. The number of nitrogens with one attached hydrogen (secondary N) is 2. The molecule has 1 heterocycles. The number of methoxy groups -OCH3 is 1. The van der Waals surface area contributed by atoms with Gasteiger partial charge in [0.15, 0.2) is 11.5 Å². The minimum atomic E-state index is -0.739. The predicted molar refractivity (Wildman–Crippen MR) is 132 cm³/mol. The molecule has 178 valence electrons. The zero-order chi connectivity index (χ0) is 24.7. The number of nitrogens with zero attached hydrogens (tertiary/aromatic N) is 1. The third-order valence-electron chi connectivity index (χ3n) is 5.30. The van der Waals surface area contributed by atoms with Gasteiger partial charge in [0.05, 0.1) is 7.11 Å². The fourth-order valence-corrected chi connectivity index (χ4v) is 3.23. The first-order valence-electron chi connectivity index (χ1n) is 11.1. The number of ether oxygens (including phenoxy) is 2. The summed E-state index contributed by atoms with van der Waals surface area (Å²) in [6.07, 6.45) is 3.42.